The zero-order valence-corrected chi connectivity index (χ0v) is 12.7. The lowest BCUT2D eigenvalue weighted by Gasteiger charge is -2.22. The Labute approximate surface area is 125 Å². The van der Waals surface area contributed by atoms with Crippen molar-refractivity contribution in [1.29, 1.82) is 0 Å². The van der Waals surface area contributed by atoms with Crippen LogP contribution in [0.5, 0.6) is 5.75 Å². The molecule has 21 heavy (non-hydrogen) atoms. The van der Waals surface area contributed by atoms with Crippen molar-refractivity contribution in [2.45, 2.75) is 19.3 Å². The Hall–Kier alpha value is -2.16. The van der Waals surface area contributed by atoms with Gasteiger partial charge in [-0.3, -0.25) is 0 Å². The Bertz CT molecular complexity index is 633. The first-order chi connectivity index (χ1) is 10.3. The second-order valence-electron chi connectivity index (χ2n) is 5.17. The van der Waals surface area contributed by atoms with E-state index < -0.39 is 0 Å². The molecule has 2 aliphatic rings. The Balaban J connectivity index is 1.96. The van der Waals surface area contributed by atoms with E-state index in [1.54, 1.807) is 21.3 Å². The molecule has 0 aromatic heterocycles. The largest absolute Gasteiger partial charge is 0.497 e. The minimum absolute atomic E-state index is 0.884. The fourth-order valence-corrected chi connectivity index (χ4v) is 3.14. The van der Waals surface area contributed by atoms with Gasteiger partial charge in [0.05, 0.1) is 21.3 Å². The van der Waals surface area contributed by atoms with Gasteiger partial charge in [-0.1, -0.05) is 18.2 Å². The Morgan fingerprint density at radius 2 is 1.57 bits per heavy atom. The zero-order valence-electron chi connectivity index (χ0n) is 12.7. The van der Waals surface area contributed by atoms with Crippen molar-refractivity contribution in [3.63, 3.8) is 0 Å². The third-order valence-corrected chi connectivity index (χ3v) is 4.18. The van der Waals surface area contributed by atoms with E-state index in [1.165, 1.54) is 22.3 Å². The van der Waals surface area contributed by atoms with Gasteiger partial charge in [0.25, 0.3) is 0 Å². The summed E-state index contributed by atoms with van der Waals surface area (Å²) < 4.78 is 16.3. The van der Waals surface area contributed by atoms with E-state index in [2.05, 4.69) is 18.2 Å². The van der Waals surface area contributed by atoms with Crippen LogP contribution < -0.4 is 4.74 Å². The van der Waals surface area contributed by atoms with Crippen LogP contribution in [0.3, 0.4) is 0 Å². The van der Waals surface area contributed by atoms with E-state index in [1.807, 2.05) is 12.1 Å². The molecular weight excluding hydrogens is 264 g/mol. The molecule has 0 amide bonds. The van der Waals surface area contributed by atoms with Crippen LogP contribution >= 0.6 is 0 Å². The van der Waals surface area contributed by atoms with Crippen LogP contribution in [-0.4, -0.2) is 21.3 Å². The van der Waals surface area contributed by atoms with Crippen molar-refractivity contribution in [1.82, 2.24) is 0 Å². The molecule has 0 saturated heterocycles. The summed E-state index contributed by atoms with van der Waals surface area (Å²) in [6, 6.07) is 8.24. The lowest BCUT2D eigenvalue weighted by molar-refractivity contribution is 0.213. The average molecular weight is 284 g/mol. The second-order valence-corrected chi connectivity index (χ2v) is 5.17. The van der Waals surface area contributed by atoms with Crippen LogP contribution in [0.4, 0.5) is 0 Å². The van der Waals surface area contributed by atoms with Crippen LogP contribution in [0.25, 0.3) is 5.57 Å². The summed E-state index contributed by atoms with van der Waals surface area (Å²) >= 11 is 0. The van der Waals surface area contributed by atoms with Crippen LogP contribution in [0.2, 0.25) is 0 Å². The van der Waals surface area contributed by atoms with Gasteiger partial charge in [0, 0.05) is 12.0 Å². The quantitative estimate of drug-likeness (QED) is 0.834. The first kappa shape index (κ1) is 13.8. The van der Waals surface area contributed by atoms with Gasteiger partial charge < -0.3 is 14.2 Å². The normalized spacial score (nSPS) is 17.6. The third-order valence-electron chi connectivity index (χ3n) is 4.18. The lowest BCUT2D eigenvalue weighted by Crippen LogP contribution is -2.07. The van der Waals surface area contributed by atoms with Gasteiger partial charge in [-0.05, 0) is 41.7 Å². The summed E-state index contributed by atoms with van der Waals surface area (Å²) in [4.78, 5) is 0. The van der Waals surface area contributed by atoms with Gasteiger partial charge in [-0.2, -0.15) is 0 Å². The Kier molecular flexibility index (Phi) is 3.74. The summed E-state index contributed by atoms with van der Waals surface area (Å²) in [5, 5.41) is 0. The topological polar surface area (TPSA) is 27.7 Å². The van der Waals surface area contributed by atoms with E-state index in [4.69, 9.17) is 14.2 Å². The molecule has 0 fully saturated rings. The van der Waals surface area contributed by atoms with E-state index in [-0.39, 0.29) is 0 Å². The predicted octanol–water partition coefficient (Wildman–Crippen LogP) is 4.08. The Morgan fingerprint density at radius 3 is 2.19 bits per heavy atom. The summed E-state index contributed by atoms with van der Waals surface area (Å²) in [5.74, 6) is 2.76. The molecule has 0 heterocycles. The molecule has 0 aliphatic heterocycles. The number of allylic oxidation sites excluding steroid dienone is 5. The highest BCUT2D eigenvalue weighted by Gasteiger charge is 2.28. The highest BCUT2D eigenvalue weighted by Crippen LogP contribution is 2.44. The minimum Gasteiger partial charge on any atom is -0.497 e. The highest BCUT2D eigenvalue weighted by molar-refractivity contribution is 5.84. The van der Waals surface area contributed by atoms with E-state index in [0.717, 1.165) is 36.5 Å². The van der Waals surface area contributed by atoms with Crippen molar-refractivity contribution < 1.29 is 14.2 Å². The summed E-state index contributed by atoms with van der Waals surface area (Å²) in [7, 11) is 5.12. The lowest BCUT2D eigenvalue weighted by atomic mass is 9.90. The summed E-state index contributed by atoms with van der Waals surface area (Å²) in [6.45, 7) is 0. The van der Waals surface area contributed by atoms with Gasteiger partial charge in [0.1, 0.15) is 11.5 Å². The third kappa shape index (κ3) is 2.33. The average Bonchev–Trinajstić information content (AvgIpc) is 2.97. The molecule has 110 valence electrons. The molecule has 1 aromatic rings. The molecule has 0 atom stereocenters. The molecule has 0 unspecified atom stereocenters. The molecule has 1 aromatic carbocycles. The predicted molar refractivity (Wildman–Crippen MR) is 82.9 cm³/mol. The number of hydrogen-bond acceptors (Lipinski definition) is 3. The fourth-order valence-electron chi connectivity index (χ4n) is 3.14. The zero-order chi connectivity index (χ0) is 14.8. The maximum Gasteiger partial charge on any atom is 0.160 e. The SMILES string of the molecule is COC1=C(OC)C2=C(CC1)C(c1ccc(OC)cc1)=CC2. The smallest absolute Gasteiger partial charge is 0.160 e. The fraction of sp³-hybridized carbons (Fsp3) is 0.333. The van der Waals surface area contributed by atoms with Crippen molar-refractivity contribution in [2.24, 2.45) is 0 Å². The van der Waals surface area contributed by atoms with E-state index >= 15 is 0 Å². The highest BCUT2D eigenvalue weighted by atomic mass is 16.5. The van der Waals surface area contributed by atoms with Crippen LogP contribution in [0, 0.1) is 0 Å². The number of benzene rings is 1. The molecule has 0 radical (unpaired) electrons. The number of rotatable bonds is 4. The van der Waals surface area contributed by atoms with Gasteiger partial charge >= 0.3 is 0 Å². The van der Waals surface area contributed by atoms with Crippen molar-refractivity contribution >= 4 is 5.57 Å². The van der Waals surface area contributed by atoms with Gasteiger partial charge in [-0.15, -0.1) is 0 Å². The van der Waals surface area contributed by atoms with Crippen molar-refractivity contribution in [3.05, 3.63) is 58.6 Å². The van der Waals surface area contributed by atoms with E-state index in [9.17, 15) is 0 Å². The molecule has 3 heteroatoms. The monoisotopic (exact) mass is 284 g/mol. The van der Waals surface area contributed by atoms with Gasteiger partial charge in [0.2, 0.25) is 0 Å². The maximum absolute atomic E-state index is 5.57. The van der Waals surface area contributed by atoms with Gasteiger partial charge in [0.15, 0.2) is 5.76 Å². The molecule has 3 rings (SSSR count). The molecular formula is C18H20O3. The molecule has 0 bridgehead atoms. The van der Waals surface area contributed by atoms with E-state index in [0.29, 0.717) is 0 Å². The molecule has 0 N–H and O–H groups in total. The summed E-state index contributed by atoms with van der Waals surface area (Å²) in [6.07, 6.45) is 5.09. The number of ether oxygens (including phenoxy) is 3. The standard InChI is InChI=1S/C18H20O3/c1-19-13-6-4-12(5-7-13)14-8-9-16-15(14)10-11-17(20-2)18(16)21-3/h4-8H,9-11H2,1-3H3. The van der Waals surface area contributed by atoms with Crippen molar-refractivity contribution in [2.75, 3.05) is 21.3 Å². The van der Waals surface area contributed by atoms with Crippen LogP contribution in [0.1, 0.15) is 24.8 Å². The first-order valence-corrected chi connectivity index (χ1v) is 7.17. The first-order valence-electron chi connectivity index (χ1n) is 7.17. The Morgan fingerprint density at radius 1 is 0.810 bits per heavy atom. The number of methoxy groups -OCH3 is 3. The van der Waals surface area contributed by atoms with Crippen LogP contribution in [-0.2, 0) is 9.47 Å². The van der Waals surface area contributed by atoms with Gasteiger partial charge in [-0.25, -0.2) is 0 Å². The molecule has 2 aliphatic carbocycles. The molecule has 3 nitrogen and oxygen atoms in total. The second kappa shape index (κ2) is 5.68. The summed E-state index contributed by atoms with van der Waals surface area (Å²) in [5.41, 5.74) is 5.21. The molecule has 0 saturated carbocycles. The molecule has 0 spiro atoms. The van der Waals surface area contributed by atoms with Crippen molar-refractivity contribution in [3.8, 4) is 5.75 Å². The maximum atomic E-state index is 5.57. The van der Waals surface area contributed by atoms with Crippen LogP contribution in [0.15, 0.2) is 53.0 Å². The number of hydrogen-bond donors (Lipinski definition) is 0. The minimum atomic E-state index is 0.884.